The van der Waals surface area contributed by atoms with Gasteiger partial charge in [0.15, 0.2) is 0 Å². The molecule has 82 valence electrons. The van der Waals surface area contributed by atoms with Crippen LogP contribution in [0.2, 0.25) is 0 Å². The van der Waals surface area contributed by atoms with Gasteiger partial charge in [0, 0.05) is 19.6 Å². The zero-order valence-corrected chi connectivity index (χ0v) is 9.76. The molecule has 0 aliphatic carbocycles. The third-order valence-electron chi connectivity index (χ3n) is 1.96. The molecule has 0 heterocycles. The minimum absolute atomic E-state index is 0.139. The highest BCUT2D eigenvalue weighted by Gasteiger charge is 2.07. The first-order chi connectivity index (χ1) is 6.43. The van der Waals surface area contributed by atoms with Gasteiger partial charge in [-0.25, -0.2) is 0 Å². The first-order valence-corrected chi connectivity index (χ1v) is 5.05. The molecule has 0 saturated carbocycles. The number of nitrogens with one attached hydrogen (secondary N) is 1. The molecule has 0 atom stereocenters. The summed E-state index contributed by atoms with van der Waals surface area (Å²) in [6.45, 7) is 11.0. The van der Waals surface area contributed by atoms with Crippen LogP contribution in [0.15, 0.2) is 12.2 Å². The van der Waals surface area contributed by atoms with E-state index in [0.29, 0.717) is 12.6 Å². The molecule has 0 aliphatic rings. The predicted octanol–water partition coefficient (Wildman–Crippen LogP) is 1.41. The summed E-state index contributed by atoms with van der Waals surface area (Å²) in [7, 11) is 1.83. The Kier molecular flexibility index (Phi) is 6.21. The Morgan fingerprint density at radius 2 is 2.07 bits per heavy atom. The highest BCUT2D eigenvalue weighted by atomic mass is 16.2. The zero-order chi connectivity index (χ0) is 11.1. The van der Waals surface area contributed by atoms with Crippen molar-refractivity contribution in [3.05, 3.63) is 12.2 Å². The van der Waals surface area contributed by atoms with Gasteiger partial charge in [0.05, 0.1) is 6.54 Å². The average Bonchev–Trinajstić information content (AvgIpc) is 2.09. The minimum atomic E-state index is 0.139. The standard InChI is InChI=1S/C11H22N2O/c1-9(2)6-7-13(5)11(14)8-12-10(3)4/h10,12H,1,6-8H2,2-5H3. The van der Waals surface area contributed by atoms with E-state index in [1.807, 2.05) is 27.8 Å². The van der Waals surface area contributed by atoms with E-state index in [0.717, 1.165) is 18.5 Å². The lowest BCUT2D eigenvalue weighted by molar-refractivity contribution is -0.129. The fraction of sp³-hybridized carbons (Fsp3) is 0.727. The number of likely N-dealkylation sites (N-methyl/N-ethyl adjacent to an activating group) is 1. The Morgan fingerprint density at radius 1 is 1.50 bits per heavy atom. The second kappa shape index (κ2) is 6.60. The third-order valence-corrected chi connectivity index (χ3v) is 1.96. The fourth-order valence-corrected chi connectivity index (χ4v) is 0.910. The van der Waals surface area contributed by atoms with Crippen LogP contribution in [0.3, 0.4) is 0 Å². The van der Waals surface area contributed by atoms with Gasteiger partial charge in [0.2, 0.25) is 5.91 Å². The van der Waals surface area contributed by atoms with Crippen LogP contribution in [0, 0.1) is 0 Å². The molecule has 0 spiro atoms. The van der Waals surface area contributed by atoms with Gasteiger partial charge in [-0.15, -0.1) is 6.58 Å². The van der Waals surface area contributed by atoms with E-state index in [9.17, 15) is 4.79 Å². The fourth-order valence-electron chi connectivity index (χ4n) is 0.910. The van der Waals surface area contributed by atoms with Gasteiger partial charge in [-0.1, -0.05) is 19.4 Å². The number of rotatable bonds is 6. The molecule has 0 aromatic carbocycles. The van der Waals surface area contributed by atoms with Crippen molar-refractivity contribution < 1.29 is 4.79 Å². The van der Waals surface area contributed by atoms with Crippen molar-refractivity contribution in [1.29, 1.82) is 0 Å². The van der Waals surface area contributed by atoms with Gasteiger partial charge in [0.1, 0.15) is 0 Å². The van der Waals surface area contributed by atoms with Gasteiger partial charge in [-0.3, -0.25) is 4.79 Å². The molecule has 0 aliphatic heterocycles. The van der Waals surface area contributed by atoms with Crippen LogP contribution in [-0.4, -0.2) is 37.0 Å². The Bertz CT molecular complexity index is 199. The third kappa shape index (κ3) is 6.66. The maximum atomic E-state index is 11.5. The summed E-state index contributed by atoms with van der Waals surface area (Å²) in [6, 6.07) is 0.355. The van der Waals surface area contributed by atoms with Crippen molar-refractivity contribution >= 4 is 5.91 Å². The molecule has 14 heavy (non-hydrogen) atoms. The van der Waals surface area contributed by atoms with Crippen molar-refractivity contribution in [2.75, 3.05) is 20.1 Å². The minimum Gasteiger partial charge on any atom is -0.344 e. The monoisotopic (exact) mass is 198 g/mol. The Balaban J connectivity index is 3.70. The summed E-state index contributed by atoms with van der Waals surface area (Å²) < 4.78 is 0. The summed E-state index contributed by atoms with van der Waals surface area (Å²) in [5, 5.41) is 3.10. The normalized spacial score (nSPS) is 10.4. The maximum absolute atomic E-state index is 11.5. The molecule has 0 saturated heterocycles. The van der Waals surface area contributed by atoms with Crippen LogP contribution >= 0.6 is 0 Å². The molecule has 0 fully saturated rings. The van der Waals surface area contributed by atoms with E-state index >= 15 is 0 Å². The predicted molar refractivity (Wildman–Crippen MR) is 60.2 cm³/mol. The lowest BCUT2D eigenvalue weighted by atomic mass is 10.2. The summed E-state index contributed by atoms with van der Waals surface area (Å²) in [5.74, 6) is 0.139. The molecule has 0 aromatic heterocycles. The topological polar surface area (TPSA) is 32.3 Å². The van der Waals surface area contributed by atoms with Gasteiger partial charge in [0.25, 0.3) is 0 Å². The van der Waals surface area contributed by atoms with E-state index in [4.69, 9.17) is 0 Å². The quantitative estimate of drug-likeness (QED) is 0.654. The van der Waals surface area contributed by atoms with Gasteiger partial charge >= 0.3 is 0 Å². The molecule has 0 rings (SSSR count). The number of hydrogen-bond donors (Lipinski definition) is 1. The van der Waals surface area contributed by atoms with Crippen LogP contribution in [0.4, 0.5) is 0 Å². The molecular weight excluding hydrogens is 176 g/mol. The van der Waals surface area contributed by atoms with E-state index in [-0.39, 0.29) is 5.91 Å². The van der Waals surface area contributed by atoms with Crippen molar-refractivity contribution in [1.82, 2.24) is 10.2 Å². The molecule has 0 bridgehead atoms. The summed E-state index contributed by atoms with van der Waals surface area (Å²) in [4.78, 5) is 13.2. The van der Waals surface area contributed by atoms with Crippen molar-refractivity contribution in [3.8, 4) is 0 Å². The van der Waals surface area contributed by atoms with E-state index in [1.165, 1.54) is 0 Å². The van der Waals surface area contributed by atoms with E-state index < -0.39 is 0 Å². The number of hydrogen-bond acceptors (Lipinski definition) is 2. The molecule has 3 nitrogen and oxygen atoms in total. The maximum Gasteiger partial charge on any atom is 0.236 e. The van der Waals surface area contributed by atoms with Crippen molar-refractivity contribution in [2.45, 2.75) is 33.2 Å². The Hall–Kier alpha value is -0.830. The first kappa shape index (κ1) is 13.2. The van der Waals surface area contributed by atoms with Crippen molar-refractivity contribution in [2.24, 2.45) is 0 Å². The molecule has 0 aromatic rings. The van der Waals surface area contributed by atoms with Crippen molar-refractivity contribution in [3.63, 3.8) is 0 Å². The lowest BCUT2D eigenvalue weighted by Crippen LogP contribution is -2.38. The van der Waals surface area contributed by atoms with Crippen LogP contribution in [0.5, 0.6) is 0 Å². The average molecular weight is 198 g/mol. The van der Waals surface area contributed by atoms with E-state index in [1.54, 1.807) is 4.90 Å². The van der Waals surface area contributed by atoms with Gasteiger partial charge in [-0.05, 0) is 13.3 Å². The second-order valence-electron chi connectivity index (χ2n) is 4.06. The summed E-state index contributed by atoms with van der Waals surface area (Å²) in [6.07, 6.45) is 0.879. The van der Waals surface area contributed by atoms with Crippen LogP contribution in [0.1, 0.15) is 27.2 Å². The van der Waals surface area contributed by atoms with Crippen LogP contribution in [-0.2, 0) is 4.79 Å². The van der Waals surface area contributed by atoms with E-state index in [2.05, 4.69) is 11.9 Å². The smallest absolute Gasteiger partial charge is 0.236 e. The SMILES string of the molecule is C=C(C)CCN(C)C(=O)CNC(C)C. The highest BCUT2D eigenvalue weighted by molar-refractivity contribution is 5.77. The van der Waals surface area contributed by atoms with Crippen LogP contribution in [0.25, 0.3) is 0 Å². The molecule has 1 amide bonds. The zero-order valence-electron chi connectivity index (χ0n) is 9.76. The number of nitrogens with zero attached hydrogens (tertiary/aromatic N) is 1. The molecule has 1 N–H and O–H groups in total. The number of carbonyl (C=O) groups is 1. The first-order valence-electron chi connectivity index (χ1n) is 5.05. The molecule has 3 heteroatoms. The summed E-state index contributed by atoms with van der Waals surface area (Å²) in [5.41, 5.74) is 1.11. The Labute approximate surface area is 87.2 Å². The molecule has 0 unspecified atom stereocenters. The molecular formula is C11H22N2O. The second-order valence-corrected chi connectivity index (χ2v) is 4.06. The Morgan fingerprint density at radius 3 is 2.50 bits per heavy atom. The largest absolute Gasteiger partial charge is 0.344 e. The van der Waals surface area contributed by atoms with Gasteiger partial charge in [-0.2, -0.15) is 0 Å². The number of amides is 1. The van der Waals surface area contributed by atoms with Gasteiger partial charge < -0.3 is 10.2 Å². The lowest BCUT2D eigenvalue weighted by Gasteiger charge is -2.18. The van der Waals surface area contributed by atoms with Crippen LogP contribution < -0.4 is 5.32 Å². The summed E-state index contributed by atoms with van der Waals surface area (Å²) >= 11 is 0. The molecule has 0 radical (unpaired) electrons. The highest BCUT2D eigenvalue weighted by Crippen LogP contribution is 1.97. The number of carbonyl (C=O) groups excluding carboxylic acids is 1.